The summed E-state index contributed by atoms with van der Waals surface area (Å²) >= 11 is 1.63. The highest BCUT2D eigenvalue weighted by Gasteiger charge is 2.23. The molecule has 0 atom stereocenters. The summed E-state index contributed by atoms with van der Waals surface area (Å²) in [6.07, 6.45) is 8.79. The molecular formula is C21H27N7S. The normalized spacial score (nSPS) is 15.6. The number of likely N-dealkylation sites (tertiary alicyclic amines) is 1. The van der Waals surface area contributed by atoms with E-state index in [1.54, 1.807) is 11.3 Å². The molecule has 1 saturated heterocycles. The van der Waals surface area contributed by atoms with E-state index in [4.69, 9.17) is 9.97 Å². The maximum Gasteiger partial charge on any atom is 0.188 e. The minimum Gasteiger partial charge on any atom is -0.316 e. The van der Waals surface area contributed by atoms with Gasteiger partial charge in [-0.1, -0.05) is 6.92 Å². The molecule has 0 amide bonds. The van der Waals surface area contributed by atoms with Crippen molar-refractivity contribution in [3.05, 3.63) is 52.4 Å². The Hall–Kier alpha value is -2.45. The average Bonchev–Trinajstić information content (AvgIpc) is 3.13. The van der Waals surface area contributed by atoms with Gasteiger partial charge in [-0.2, -0.15) is 0 Å². The predicted molar refractivity (Wildman–Crippen MR) is 116 cm³/mol. The third kappa shape index (κ3) is 5.13. The first kappa shape index (κ1) is 19.8. The van der Waals surface area contributed by atoms with Gasteiger partial charge in [-0.25, -0.2) is 24.9 Å². The van der Waals surface area contributed by atoms with Crippen LogP contribution in [0.5, 0.6) is 0 Å². The Morgan fingerprint density at radius 2 is 1.83 bits per heavy atom. The van der Waals surface area contributed by atoms with E-state index in [0.717, 1.165) is 67.2 Å². The van der Waals surface area contributed by atoms with E-state index in [9.17, 15) is 0 Å². The van der Waals surface area contributed by atoms with Crippen LogP contribution < -0.4 is 5.32 Å². The van der Waals surface area contributed by atoms with Crippen molar-refractivity contribution < 1.29 is 0 Å². The zero-order valence-corrected chi connectivity index (χ0v) is 18.0. The van der Waals surface area contributed by atoms with Crippen LogP contribution in [-0.4, -0.2) is 42.9 Å². The van der Waals surface area contributed by atoms with Crippen LogP contribution in [0.25, 0.3) is 0 Å². The topological polar surface area (TPSA) is 79.7 Å². The lowest BCUT2D eigenvalue weighted by Crippen LogP contribution is -2.33. The minimum absolute atomic E-state index is 0.392. The highest BCUT2D eigenvalue weighted by molar-refractivity contribution is 7.15. The Balaban J connectivity index is 1.37. The number of piperidine rings is 1. The lowest BCUT2D eigenvalue weighted by molar-refractivity contribution is 0.201. The molecule has 1 N–H and O–H groups in total. The number of anilines is 2. The minimum atomic E-state index is 0.392. The molecule has 4 heterocycles. The number of nitrogens with one attached hydrogen (secondary N) is 1. The van der Waals surface area contributed by atoms with Gasteiger partial charge in [0.1, 0.15) is 17.5 Å². The molecule has 29 heavy (non-hydrogen) atoms. The Morgan fingerprint density at radius 3 is 2.48 bits per heavy atom. The van der Waals surface area contributed by atoms with Crippen molar-refractivity contribution in [3.8, 4) is 0 Å². The van der Waals surface area contributed by atoms with Crippen molar-refractivity contribution in [3.63, 3.8) is 0 Å². The summed E-state index contributed by atoms with van der Waals surface area (Å²) in [5.41, 5.74) is 2.17. The van der Waals surface area contributed by atoms with Crippen LogP contribution in [0, 0.1) is 13.8 Å². The molecule has 0 radical (unpaired) electrons. The molecule has 1 fully saturated rings. The first-order valence-corrected chi connectivity index (χ1v) is 11.0. The fraction of sp³-hybridized carbons (Fsp3) is 0.476. The summed E-state index contributed by atoms with van der Waals surface area (Å²) in [5, 5.41) is 4.20. The van der Waals surface area contributed by atoms with E-state index in [0.29, 0.717) is 5.92 Å². The smallest absolute Gasteiger partial charge is 0.188 e. The first-order valence-electron chi connectivity index (χ1n) is 10.2. The van der Waals surface area contributed by atoms with Crippen LogP contribution >= 0.6 is 11.3 Å². The second-order valence-corrected chi connectivity index (χ2v) is 8.80. The summed E-state index contributed by atoms with van der Waals surface area (Å²) < 4.78 is 0. The van der Waals surface area contributed by atoms with Crippen molar-refractivity contribution >= 4 is 22.3 Å². The fourth-order valence-corrected chi connectivity index (χ4v) is 4.28. The van der Waals surface area contributed by atoms with E-state index in [-0.39, 0.29) is 0 Å². The van der Waals surface area contributed by atoms with Crippen molar-refractivity contribution in [2.45, 2.75) is 52.5 Å². The largest absolute Gasteiger partial charge is 0.316 e. The van der Waals surface area contributed by atoms with Gasteiger partial charge in [0.2, 0.25) is 0 Å². The number of aromatic nitrogens is 5. The standard InChI is InChI=1S/C21H27N7S/c1-4-18-22-11-16(12-23-18)13-28-7-5-17(6-8-28)20-25-14(2)9-19(26-20)27-21-24-10-15(3)29-21/h9-12,17H,4-8,13H2,1-3H3,(H,24,25,26,27). The molecule has 4 rings (SSSR count). The van der Waals surface area contributed by atoms with E-state index in [1.165, 1.54) is 10.4 Å². The van der Waals surface area contributed by atoms with Gasteiger partial charge >= 0.3 is 0 Å². The summed E-state index contributed by atoms with van der Waals surface area (Å²) in [7, 11) is 0. The van der Waals surface area contributed by atoms with Gasteiger partial charge in [0.15, 0.2) is 5.13 Å². The first-order chi connectivity index (χ1) is 14.1. The average molecular weight is 410 g/mol. The van der Waals surface area contributed by atoms with Crippen molar-refractivity contribution in [2.24, 2.45) is 0 Å². The molecular weight excluding hydrogens is 382 g/mol. The highest BCUT2D eigenvalue weighted by atomic mass is 32.1. The molecule has 1 aliphatic heterocycles. The van der Waals surface area contributed by atoms with Gasteiger partial charge in [-0.05, 0) is 39.8 Å². The molecule has 7 nitrogen and oxygen atoms in total. The van der Waals surface area contributed by atoms with E-state index in [1.807, 2.05) is 31.6 Å². The zero-order valence-electron chi connectivity index (χ0n) is 17.2. The number of hydrogen-bond acceptors (Lipinski definition) is 8. The van der Waals surface area contributed by atoms with E-state index < -0.39 is 0 Å². The Kier molecular flexibility index (Phi) is 6.10. The lowest BCUT2D eigenvalue weighted by atomic mass is 9.95. The van der Waals surface area contributed by atoms with Crippen LogP contribution in [0.2, 0.25) is 0 Å². The number of thiazole rings is 1. The summed E-state index contributed by atoms with van der Waals surface area (Å²) in [6.45, 7) is 9.13. The monoisotopic (exact) mass is 409 g/mol. The second kappa shape index (κ2) is 8.92. The molecule has 8 heteroatoms. The third-order valence-electron chi connectivity index (χ3n) is 5.16. The third-order valence-corrected chi connectivity index (χ3v) is 5.99. The molecule has 152 valence electrons. The molecule has 0 aromatic carbocycles. The van der Waals surface area contributed by atoms with Crippen molar-refractivity contribution in [1.82, 2.24) is 29.8 Å². The summed E-state index contributed by atoms with van der Waals surface area (Å²) in [4.78, 5) is 26.4. The highest BCUT2D eigenvalue weighted by Crippen LogP contribution is 2.28. The summed E-state index contributed by atoms with van der Waals surface area (Å²) in [5.74, 6) is 3.07. The Bertz CT molecular complexity index is 946. The maximum absolute atomic E-state index is 4.80. The molecule has 1 aliphatic rings. The molecule has 0 aliphatic carbocycles. The van der Waals surface area contributed by atoms with Gasteiger partial charge in [-0.3, -0.25) is 4.90 Å². The molecule has 0 bridgehead atoms. The molecule has 0 unspecified atom stereocenters. The SMILES string of the molecule is CCc1ncc(CN2CCC(c3nc(C)cc(Nc4ncc(C)s4)n3)CC2)cn1. The number of aryl methyl sites for hydroxylation is 3. The number of nitrogens with zero attached hydrogens (tertiary/aromatic N) is 6. The van der Waals surface area contributed by atoms with E-state index in [2.05, 4.69) is 39.0 Å². The molecule has 0 saturated carbocycles. The molecule has 3 aromatic rings. The Morgan fingerprint density at radius 1 is 1.07 bits per heavy atom. The van der Waals surface area contributed by atoms with Crippen molar-refractivity contribution in [1.29, 1.82) is 0 Å². The van der Waals surface area contributed by atoms with Gasteiger partial charge in [0.25, 0.3) is 0 Å². The number of rotatable bonds is 6. The predicted octanol–water partition coefficient (Wildman–Crippen LogP) is 4.03. The van der Waals surface area contributed by atoms with Crippen LogP contribution in [0.15, 0.2) is 24.7 Å². The van der Waals surface area contributed by atoms with Gasteiger partial charge in [0, 0.05) is 59.7 Å². The maximum atomic E-state index is 4.80. The van der Waals surface area contributed by atoms with Crippen molar-refractivity contribution in [2.75, 3.05) is 18.4 Å². The van der Waals surface area contributed by atoms with E-state index >= 15 is 0 Å². The van der Waals surface area contributed by atoms with Gasteiger partial charge in [-0.15, -0.1) is 11.3 Å². The van der Waals surface area contributed by atoms with Crippen LogP contribution in [0.1, 0.15) is 53.5 Å². The van der Waals surface area contributed by atoms with Crippen LogP contribution in [0.4, 0.5) is 10.9 Å². The number of hydrogen-bond donors (Lipinski definition) is 1. The molecule has 3 aromatic heterocycles. The van der Waals surface area contributed by atoms with Crippen LogP contribution in [0.3, 0.4) is 0 Å². The lowest BCUT2D eigenvalue weighted by Gasteiger charge is -2.31. The zero-order chi connectivity index (χ0) is 20.2. The summed E-state index contributed by atoms with van der Waals surface area (Å²) in [6, 6.07) is 1.98. The van der Waals surface area contributed by atoms with Crippen LogP contribution in [-0.2, 0) is 13.0 Å². The van der Waals surface area contributed by atoms with Gasteiger partial charge < -0.3 is 5.32 Å². The molecule has 0 spiro atoms. The fourth-order valence-electron chi connectivity index (χ4n) is 3.61. The second-order valence-electron chi connectivity index (χ2n) is 7.57. The van der Waals surface area contributed by atoms with Gasteiger partial charge in [0.05, 0.1) is 0 Å². The Labute approximate surface area is 175 Å². The quantitative estimate of drug-likeness (QED) is 0.658.